The average Bonchev–Trinajstić information content (AvgIpc) is 2.49. The molecule has 0 spiro atoms. The lowest BCUT2D eigenvalue weighted by atomic mass is 9.95. The number of fused-ring (bicyclic) bond motifs is 1. The lowest BCUT2D eigenvalue weighted by molar-refractivity contribution is -0.128. The van der Waals surface area contributed by atoms with Crippen molar-refractivity contribution in [3.63, 3.8) is 0 Å². The van der Waals surface area contributed by atoms with E-state index in [2.05, 4.69) is 11.1 Å². The highest BCUT2D eigenvalue weighted by Gasteiger charge is 2.28. The maximum absolute atomic E-state index is 12.0. The minimum absolute atomic E-state index is 0.0136. The van der Waals surface area contributed by atoms with E-state index in [1.165, 1.54) is 0 Å². The van der Waals surface area contributed by atoms with E-state index in [9.17, 15) is 4.79 Å². The Morgan fingerprint density at radius 2 is 2.19 bits per heavy atom. The topological polar surface area (TPSA) is 57.0 Å². The molecule has 1 aliphatic rings. The number of aromatic nitrogens is 1. The van der Waals surface area contributed by atoms with E-state index >= 15 is 0 Å². The normalized spacial score (nSPS) is 16.8. The number of pyridine rings is 1. The molecule has 1 aromatic heterocycles. The number of aryl methyl sites for hydroxylation is 1. The Morgan fingerprint density at radius 1 is 1.52 bits per heavy atom. The van der Waals surface area contributed by atoms with Gasteiger partial charge in [0.2, 0.25) is 5.91 Å². The Balaban J connectivity index is 0.00000106. The van der Waals surface area contributed by atoms with E-state index in [1.54, 1.807) is 12.2 Å². The van der Waals surface area contributed by atoms with Crippen LogP contribution in [0.15, 0.2) is 18.2 Å². The molecule has 1 atom stereocenters. The smallest absolute Gasteiger partial charge is 0.246 e. The fourth-order valence-electron chi connectivity index (χ4n) is 2.47. The van der Waals surface area contributed by atoms with Crippen molar-refractivity contribution in [3.05, 3.63) is 40.7 Å². The first-order valence-electron chi connectivity index (χ1n) is 7.42. The SMILES string of the molecule is C/C=C\C(=O)N1CCc2nc(C)c(C#N)cc2C1C.CC. The molecule has 0 aromatic carbocycles. The monoisotopic (exact) mass is 285 g/mol. The molecule has 4 heteroatoms. The van der Waals surface area contributed by atoms with Crippen LogP contribution in [0.2, 0.25) is 0 Å². The Hall–Kier alpha value is -2.15. The van der Waals surface area contributed by atoms with E-state index in [1.807, 2.05) is 45.6 Å². The van der Waals surface area contributed by atoms with E-state index in [-0.39, 0.29) is 11.9 Å². The summed E-state index contributed by atoms with van der Waals surface area (Å²) in [5.41, 5.74) is 3.35. The molecule has 112 valence electrons. The van der Waals surface area contributed by atoms with E-state index in [0.717, 1.165) is 23.4 Å². The molecule has 0 N–H and O–H groups in total. The third-order valence-electron chi connectivity index (χ3n) is 3.55. The van der Waals surface area contributed by atoms with Gasteiger partial charge in [0.1, 0.15) is 6.07 Å². The fourth-order valence-corrected chi connectivity index (χ4v) is 2.47. The molecule has 0 fully saturated rings. The van der Waals surface area contributed by atoms with Crippen LogP contribution in [0.5, 0.6) is 0 Å². The summed E-state index contributed by atoms with van der Waals surface area (Å²) in [6.45, 7) is 10.3. The van der Waals surface area contributed by atoms with Gasteiger partial charge in [0.25, 0.3) is 0 Å². The zero-order valence-electron chi connectivity index (χ0n) is 13.5. The van der Waals surface area contributed by atoms with Crippen molar-refractivity contribution < 1.29 is 4.79 Å². The summed E-state index contributed by atoms with van der Waals surface area (Å²) < 4.78 is 0. The summed E-state index contributed by atoms with van der Waals surface area (Å²) in [5.74, 6) is 0.0136. The predicted octanol–water partition coefficient (Wildman–Crippen LogP) is 3.31. The van der Waals surface area contributed by atoms with Crippen LogP contribution in [-0.2, 0) is 11.2 Å². The Kier molecular flexibility index (Phi) is 6.10. The van der Waals surface area contributed by atoms with Crippen molar-refractivity contribution in [2.45, 2.75) is 47.1 Å². The van der Waals surface area contributed by atoms with Crippen LogP contribution in [0.4, 0.5) is 0 Å². The first-order valence-corrected chi connectivity index (χ1v) is 7.42. The van der Waals surface area contributed by atoms with Crippen molar-refractivity contribution in [2.24, 2.45) is 0 Å². The summed E-state index contributed by atoms with van der Waals surface area (Å²) >= 11 is 0. The first kappa shape index (κ1) is 16.9. The van der Waals surface area contributed by atoms with Gasteiger partial charge in [0, 0.05) is 18.7 Å². The highest BCUT2D eigenvalue weighted by molar-refractivity contribution is 5.88. The third-order valence-corrected chi connectivity index (χ3v) is 3.55. The molecule has 21 heavy (non-hydrogen) atoms. The van der Waals surface area contributed by atoms with Crippen LogP contribution >= 0.6 is 0 Å². The summed E-state index contributed by atoms with van der Waals surface area (Å²) in [4.78, 5) is 18.3. The van der Waals surface area contributed by atoms with E-state index in [0.29, 0.717) is 12.1 Å². The Morgan fingerprint density at radius 3 is 2.76 bits per heavy atom. The van der Waals surface area contributed by atoms with Gasteiger partial charge in [0.05, 0.1) is 17.3 Å². The zero-order valence-corrected chi connectivity index (χ0v) is 13.5. The summed E-state index contributed by atoms with van der Waals surface area (Å²) in [5, 5.41) is 9.08. The third kappa shape index (κ3) is 3.49. The Bertz CT molecular complexity index is 584. The highest BCUT2D eigenvalue weighted by atomic mass is 16.2. The van der Waals surface area contributed by atoms with Gasteiger partial charge in [-0.25, -0.2) is 0 Å². The average molecular weight is 285 g/mol. The molecule has 4 nitrogen and oxygen atoms in total. The van der Waals surface area contributed by atoms with Gasteiger partial charge >= 0.3 is 0 Å². The maximum Gasteiger partial charge on any atom is 0.246 e. The summed E-state index contributed by atoms with van der Waals surface area (Å²) in [6, 6.07) is 3.99. The Labute approximate surface area is 127 Å². The molecule has 2 rings (SSSR count). The summed E-state index contributed by atoms with van der Waals surface area (Å²) in [7, 11) is 0. The predicted molar refractivity (Wildman–Crippen MR) is 83.7 cm³/mol. The molecule has 1 aliphatic heterocycles. The van der Waals surface area contributed by atoms with Gasteiger partial charge < -0.3 is 4.90 Å². The molecule has 0 bridgehead atoms. The lowest BCUT2D eigenvalue weighted by Crippen LogP contribution is -2.38. The molecule has 1 amide bonds. The standard InChI is InChI=1S/C15H17N3O.C2H6/c1-4-5-15(19)18-7-6-14-13(11(18)3)8-12(9-16)10(2)17-14;1-2/h4-5,8,11H,6-7H2,1-3H3;1-2H3/b5-4-;. The van der Waals surface area contributed by atoms with Crippen LogP contribution in [0.3, 0.4) is 0 Å². The van der Waals surface area contributed by atoms with E-state index in [4.69, 9.17) is 5.26 Å². The van der Waals surface area contributed by atoms with Crippen molar-refractivity contribution in [1.29, 1.82) is 5.26 Å². The van der Waals surface area contributed by atoms with Crippen LogP contribution in [0, 0.1) is 18.3 Å². The van der Waals surface area contributed by atoms with Crippen molar-refractivity contribution in [3.8, 4) is 6.07 Å². The summed E-state index contributed by atoms with van der Waals surface area (Å²) in [6.07, 6.45) is 4.07. The van der Waals surface area contributed by atoms with Gasteiger partial charge in [-0.05, 0) is 38.5 Å². The molecule has 0 radical (unpaired) electrons. The number of hydrogen-bond acceptors (Lipinski definition) is 3. The van der Waals surface area contributed by atoms with Gasteiger partial charge in [-0.2, -0.15) is 5.26 Å². The quantitative estimate of drug-likeness (QED) is 0.744. The minimum Gasteiger partial charge on any atom is -0.332 e. The van der Waals surface area contributed by atoms with Crippen molar-refractivity contribution in [2.75, 3.05) is 6.54 Å². The maximum atomic E-state index is 12.0. The lowest BCUT2D eigenvalue weighted by Gasteiger charge is -2.34. The van der Waals surface area contributed by atoms with Crippen molar-refractivity contribution in [1.82, 2.24) is 9.88 Å². The largest absolute Gasteiger partial charge is 0.332 e. The number of rotatable bonds is 1. The second-order valence-electron chi connectivity index (χ2n) is 4.73. The number of nitrogens with zero attached hydrogens (tertiary/aromatic N) is 3. The second kappa shape index (κ2) is 7.58. The molecule has 1 aromatic rings. The molecule has 0 saturated carbocycles. The number of allylic oxidation sites excluding steroid dienone is 1. The van der Waals surface area contributed by atoms with Crippen LogP contribution < -0.4 is 0 Å². The first-order chi connectivity index (χ1) is 10.1. The molecule has 0 aliphatic carbocycles. The number of hydrogen-bond donors (Lipinski definition) is 0. The number of nitriles is 1. The van der Waals surface area contributed by atoms with Gasteiger partial charge in [0.15, 0.2) is 0 Å². The number of carbonyl (C=O) groups is 1. The van der Waals surface area contributed by atoms with Gasteiger partial charge in [-0.15, -0.1) is 0 Å². The number of amides is 1. The molecular formula is C17H23N3O. The van der Waals surface area contributed by atoms with Crippen LogP contribution in [0.1, 0.15) is 56.3 Å². The van der Waals surface area contributed by atoms with Gasteiger partial charge in [-0.3, -0.25) is 9.78 Å². The van der Waals surface area contributed by atoms with E-state index < -0.39 is 0 Å². The molecular weight excluding hydrogens is 262 g/mol. The van der Waals surface area contributed by atoms with Crippen LogP contribution in [0.25, 0.3) is 0 Å². The fraction of sp³-hybridized carbons (Fsp3) is 0.471. The molecule has 2 heterocycles. The van der Waals surface area contributed by atoms with Crippen LogP contribution in [-0.4, -0.2) is 22.3 Å². The highest BCUT2D eigenvalue weighted by Crippen LogP contribution is 2.29. The minimum atomic E-state index is -0.0346. The number of carbonyl (C=O) groups excluding carboxylic acids is 1. The zero-order chi connectivity index (χ0) is 16.0. The molecule has 0 saturated heterocycles. The molecule has 1 unspecified atom stereocenters. The van der Waals surface area contributed by atoms with Crippen molar-refractivity contribution >= 4 is 5.91 Å². The second-order valence-corrected chi connectivity index (χ2v) is 4.73. The van der Waals surface area contributed by atoms with Gasteiger partial charge in [-0.1, -0.05) is 19.9 Å².